The van der Waals surface area contributed by atoms with E-state index in [2.05, 4.69) is 4.74 Å². The standard InChI is InChI=1S/C28H24F6N2O6S2/c29-21-10-19(12-23(15-21)42-27(30)31)17-4-5-18-11-22(16-26(37)35-6-8-43(38,39)9-7-35)36(25(18)13-17)44(40,41)24-3-1-2-20(14-24)28(32,33)34/h1-5,10,12-15,22,27H,6-9,11,16H2. The molecule has 0 saturated carbocycles. The van der Waals surface area contributed by atoms with Gasteiger partial charge in [0.25, 0.3) is 10.0 Å². The van der Waals surface area contributed by atoms with Crippen molar-refractivity contribution in [2.75, 3.05) is 28.9 Å². The molecular weight excluding hydrogens is 638 g/mol. The van der Waals surface area contributed by atoms with Crippen molar-refractivity contribution in [1.82, 2.24) is 4.90 Å². The van der Waals surface area contributed by atoms with Gasteiger partial charge in [-0.1, -0.05) is 18.2 Å². The van der Waals surface area contributed by atoms with Gasteiger partial charge in [0.05, 0.1) is 33.7 Å². The highest BCUT2D eigenvalue weighted by Crippen LogP contribution is 2.42. The van der Waals surface area contributed by atoms with Gasteiger partial charge in [0.1, 0.15) is 11.6 Å². The molecule has 0 aliphatic carbocycles. The minimum Gasteiger partial charge on any atom is -0.435 e. The molecule has 2 aliphatic heterocycles. The van der Waals surface area contributed by atoms with Gasteiger partial charge >= 0.3 is 12.8 Å². The second-order valence-electron chi connectivity index (χ2n) is 10.3. The Labute approximate surface area is 248 Å². The van der Waals surface area contributed by atoms with E-state index >= 15 is 0 Å². The van der Waals surface area contributed by atoms with Crippen molar-refractivity contribution in [3.05, 3.63) is 77.6 Å². The first-order valence-electron chi connectivity index (χ1n) is 13.1. The van der Waals surface area contributed by atoms with E-state index in [-0.39, 0.29) is 47.8 Å². The number of sulfone groups is 1. The zero-order chi connectivity index (χ0) is 32.0. The molecule has 2 aliphatic rings. The number of anilines is 1. The van der Waals surface area contributed by atoms with Crippen LogP contribution >= 0.6 is 0 Å². The van der Waals surface area contributed by atoms with Crippen LogP contribution in [-0.4, -0.2) is 64.9 Å². The number of carbonyl (C=O) groups is 1. The summed E-state index contributed by atoms with van der Waals surface area (Å²) in [6.07, 6.45) is -5.27. The molecule has 2 heterocycles. The van der Waals surface area contributed by atoms with Crippen molar-refractivity contribution in [3.8, 4) is 16.9 Å². The van der Waals surface area contributed by atoms with Crippen LogP contribution in [0.4, 0.5) is 32.0 Å². The average molecular weight is 663 g/mol. The summed E-state index contributed by atoms with van der Waals surface area (Å²) in [5.41, 5.74) is -0.572. The van der Waals surface area contributed by atoms with Crippen LogP contribution in [0.1, 0.15) is 17.5 Å². The van der Waals surface area contributed by atoms with Crippen LogP contribution in [-0.2, 0) is 37.3 Å². The zero-order valence-corrected chi connectivity index (χ0v) is 24.2. The number of fused-ring (bicyclic) bond motifs is 1. The van der Waals surface area contributed by atoms with Crippen molar-refractivity contribution < 1.29 is 52.7 Å². The number of amides is 1. The first kappa shape index (κ1) is 31.6. The highest BCUT2D eigenvalue weighted by Gasteiger charge is 2.42. The predicted molar refractivity (Wildman–Crippen MR) is 147 cm³/mol. The van der Waals surface area contributed by atoms with Gasteiger partial charge in [-0.05, 0) is 59.5 Å². The van der Waals surface area contributed by atoms with Crippen LogP contribution in [0.15, 0.2) is 65.6 Å². The molecule has 44 heavy (non-hydrogen) atoms. The Morgan fingerprint density at radius 2 is 1.68 bits per heavy atom. The Bertz CT molecular complexity index is 1800. The Balaban J connectivity index is 1.56. The molecule has 236 valence electrons. The summed E-state index contributed by atoms with van der Waals surface area (Å²) in [5.74, 6) is -2.47. The second kappa shape index (κ2) is 11.6. The number of nitrogens with zero attached hydrogens (tertiary/aromatic N) is 2. The Morgan fingerprint density at radius 3 is 2.34 bits per heavy atom. The fraction of sp³-hybridized carbons (Fsp3) is 0.321. The van der Waals surface area contributed by atoms with E-state index in [1.807, 2.05) is 0 Å². The van der Waals surface area contributed by atoms with Crippen molar-refractivity contribution in [2.45, 2.75) is 36.6 Å². The van der Waals surface area contributed by atoms with E-state index in [1.54, 1.807) is 0 Å². The van der Waals surface area contributed by atoms with Gasteiger partial charge in [0.2, 0.25) is 5.91 Å². The molecule has 0 spiro atoms. The molecule has 1 amide bonds. The monoisotopic (exact) mass is 662 g/mol. The summed E-state index contributed by atoms with van der Waals surface area (Å²) in [5, 5.41) is 0. The Hall–Kier alpha value is -3.79. The van der Waals surface area contributed by atoms with Gasteiger partial charge in [-0.25, -0.2) is 21.2 Å². The van der Waals surface area contributed by atoms with E-state index in [0.717, 1.165) is 34.6 Å². The number of hydrogen-bond donors (Lipinski definition) is 0. The number of sulfonamides is 1. The molecule has 8 nitrogen and oxygen atoms in total. The summed E-state index contributed by atoms with van der Waals surface area (Å²) in [4.78, 5) is 13.8. The molecule has 1 fully saturated rings. The van der Waals surface area contributed by atoms with Crippen molar-refractivity contribution in [3.63, 3.8) is 0 Å². The average Bonchev–Trinajstić information content (AvgIpc) is 3.29. The summed E-state index contributed by atoms with van der Waals surface area (Å²) in [6, 6.07) is 9.17. The van der Waals surface area contributed by atoms with Crippen molar-refractivity contribution in [1.29, 1.82) is 0 Å². The van der Waals surface area contributed by atoms with Crippen LogP contribution in [0.25, 0.3) is 11.1 Å². The number of hydrogen-bond acceptors (Lipinski definition) is 6. The number of alkyl halides is 5. The lowest BCUT2D eigenvalue weighted by molar-refractivity contribution is -0.137. The van der Waals surface area contributed by atoms with Crippen molar-refractivity contribution >= 4 is 31.5 Å². The zero-order valence-electron chi connectivity index (χ0n) is 22.6. The van der Waals surface area contributed by atoms with E-state index in [9.17, 15) is 48.0 Å². The predicted octanol–water partition coefficient (Wildman–Crippen LogP) is 4.88. The smallest absolute Gasteiger partial charge is 0.416 e. The van der Waals surface area contributed by atoms with Gasteiger partial charge in [0, 0.05) is 25.6 Å². The summed E-state index contributed by atoms with van der Waals surface area (Å²) in [7, 11) is -8.06. The lowest BCUT2D eigenvalue weighted by Crippen LogP contribution is -2.47. The van der Waals surface area contributed by atoms with Gasteiger partial charge in [-0.15, -0.1) is 0 Å². The molecule has 16 heteroatoms. The fourth-order valence-electron chi connectivity index (χ4n) is 5.27. The van der Waals surface area contributed by atoms with Crippen LogP contribution in [0.3, 0.4) is 0 Å². The number of halogens is 6. The summed E-state index contributed by atoms with van der Waals surface area (Å²) in [6.45, 7) is -3.42. The van der Waals surface area contributed by atoms with Gasteiger partial charge in [-0.3, -0.25) is 9.10 Å². The minimum absolute atomic E-state index is 0.000442. The van der Waals surface area contributed by atoms with Crippen LogP contribution in [0, 0.1) is 5.82 Å². The van der Waals surface area contributed by atoms with E-state index in [4.69, 9.17) is 0 Å². The maximum atomic E-state index is 14.3. The quantitative estimate of drug-likeness (QED) is 0.335. The lowest BCUT2D eigenvalue weighted by Gasteiger charge is -2.31. The normalized spacial score (nSPS) is 18.4. The Kier molecular flexibility index (Phi) is 8.35. The third-order valence-corrected chi connectivity index (χ3v) is 10.8. The molecule has 1 atom stereocenters. The molecule has 0 radical (unpaired) electrons. The molecule has 1 saturated heterocycles. The highest BCUT2D eigenvalue weighted by molar-refractivity contribution is 7.93. The van der Waals surface area contributed by atoms with E-state index in [0.29, 0.717) is 17.7 Å². The molecule has 3 aromatic rings. The number of benzene rings is 3. The van der Waals surface area contributed by atoms with Gasteiger partial charge in [-0.2, -0.15) is 22.0 Å². The number of ether oxygens (including phenoxy) is 1. The van der Waals surface area contributed by atoms with Gasteiger partial charge in [0.15, 0.2) is 9.84 Å². The third-order valence-electron chi connectivity index (χ3n) is 7.37. The van der Waals surface area contributed by atoms with E-state index < -0.39 is 73.0 Å². The molecule has 0 bridgehead atoms. The SMILES string of the molecule is O=C(CC1Cc2ccc(-c3cc(F)cc(OC(F)F)c3)cc2N1S(=O)(=O)c1cccc(C(F)(F)F)c1)N1CCS(=O)(=O)CC1. The first-order chi connectivity index (χ1) is 20.5. The molecule has 5 rings (SSSR count). The number of rotatable bonds is 7. The third kappa shape index (κ3) is 6.65. The Morgan fingerprint density at radius 1 is 0.977 bits per heavy atom. The number of carbonyl (C=O) groups excluding carboxylic acids is 1. The van der Waals surface area contributed by atoms with Crippen LogP contribution in [0.2, 0.25) is 0 Å². The molecule has 1 unspecified atom stereocenters. The molecule has 0 N–H and O–H groups in total. The second-order valence-corrected chi connectivity index (χ2v) is 14.4. The minimum atomic E-state index is -4.85. The lowest BCUT2D eigenvalue weighted by atomic mass is 10.0. The fourth-order valence-corrected chi connectivity index (χ4v) is 8.20. The highest BCUT2D eigenvalue weighted by atomic mass is 32.2. The molecule has 3 aromatic carbocycles. The van der Waals surface area contributed by atoms with E-state index in [1.165, 1.54) is 23.1 Å². The topological polar surface area (TPSA) is 101 Å². The van der Waals surface area contributed by atoms with Crippen molar-refractivity contribution in [2.24, 2.45) is 0 Å². The maximum Gasteiger partial charge on any atom is 0.416 e. The largest absolute Gasteiger partial charge is 0.435 e. The van der Waals surface area contributed by atoms with Crippen LogP contribution < -0.4 is 9.04 Å². The molecule has 0 aromatic heterocycles. The summed E-state index contributed by atoms with van der Waals surface area (Å²) >= 11 is 0. The first-order valence-corrected chi connectivity index (χ1v) is 16.4. The maximum absolute atomic E-state index is 14.3. The molecular formula is C28H24F6N2O6S2. The van der Waals surface area contributed by atoms with Crippen LogP contribution in [0.5, 0.6) is 5.75 Å². The van der Waals surface area contributed by atoms with Gasteiger partial charge < -0.3 is 9.64 Å². The summed E-state index contributed by atoms with van der Waals surface area (Å²) < 4.78 is 137.